The Kier molecular flexibility index (Phi) is 4.44. The predicted molar refractivity (Wildman–Crippen MR) is 102 cm³/mol. The molecule has 2 N–H and O–H groups in total. The van der Waals surface area contributed by atoms with Crippen LogP contribution in [0.4, 0.5) is 5.69 Å². The Hall–Kier alpha value is -3.82. The zero-order valence-electron chi connectivity index (χ0n) is 15.3. The number of aliphatic carboxylic acids is 1. The third-order valence-electron chi connectivity index (χ3n) is 4.04. The maximum Gasteiger partial charge on any atom is 0.325 e. The van der Waals surface area contributed by atoms with E-state index in [0.29, 0.717) is 11.5 Å². The second kappa shape index (κ2) is 7.06. The average Bonchev–Trinajstić information content (AvgIpc) is 3.27. The van der Waals surface area contributed by atoms with Crippen molar-refractivity contribution >= 4 is 22.7 Å². The number of nitrogens with zero attached hydrogens (tertiary/aromatic N) is 7. The van der Waals surface area contributed by atoms with Gasteiger partial charge in [-0.25, -0.2) is 19.6 Å². The first-order valence-electron chi connectivity index (χ1n) is 8.67. The van der Waals surface area contributed by atoms with Crippen molar-refractivity contribution in [3.8, 4) is 17.1 Å². The van der Waals surface area contributed by atoms with E-state index in [1.807, 2.05) is 36.7 Å². The van der Waals surface area contributed by atoms with E-state index in [4.69, 9.17) is 5.11 Å². The van der Waals surface area contributed by atoms with Gasteiger partial charge in [-0.2, -0.15) is 0 Å². The number of fused-ring (bicyclic) bond motifs is 1. The summed E-state index contributed by atoms with van der Waals surface area (Å²) < 4.78 is 3.16. The van der Waals surface area contributed by atoms with Crippen molar-refractivity contribution in [3.63, 3.8) is 0 Å². The Balaban J connectivity index is 1.78. The molecule has 0 aliphatic rings. The standard InChI is InChI=1S/C18H18N8O2/c1-11(2)22-14-5-16(26-4-3-12-6-19-10-21-18(12)26)20-7-13(14)15-8-25(24-23-15)9-17(27)28/h3-8,10-11H,9H2,1-2H3,(H,20,22)(H,27,28). The molecule has 0 radical (unpaired) electrons. The lowest BCUT2D eigenvalue weighted by Crippen LogP contribution is -2.12. The number of carboxylic acid groups (broad SMARTS) is 1. The first-order valence-corrected chi connectivity index (χ1v) is 8.67. The lowest BCUT2D eigenvalue weighted by molar-refractivity contribution is -0.137. The molecule has 0 aliphatic carbocycles. The number of nitrogens with one attached hydrogen (secondary N) is 1. The van der Waals surface area contributed by atoms with Crippen LogP contribution in [0.25, 0.3) is 28.1 Å². The van der Waals surface area contributed by atoms with Crippen LogP contribution in [0.15, 0.2) is 43.2 Å². The lowest BCUT2D eigenvalue weighted by atomic mass is 10.1. The van der Waals surface area contributed by atoms with Gasteiger partial charge in [0.05, 0.1) is 6.20 Å². The molecular formula is C18H18N8O2. The van der Waals surface area contributed by atoms with Gasteiger partial charge in [0.2, 0.25) is 0 Å². The van der Waals surface area contributed by atoms with E-state index in [-0.39, 0.29) is 12.6 Å². The minimum absolute atomic E-state index is 0.173. The van der Waals surface area contributed by atoms with E-state index in [9.17, 15) is 4.79 Å². The topological polar surface area (TPSA) is 124 Å². The van der Waals surface area contributed by atoms with Crippen LogP contribution < -0.4 is 5.32 Å². The van der Waals surface area contributed by atoms with Gasteiger partial charge in [0, 0.05) is 47.3 Å². The number of hydrogen-bond acceptors (Lipinski definition) is 7. The van der Waals surface area contributed by atoms with Crippen LogP contribution in [-0.4, -0.2) is 51.6 Å². The minimum atomic E-state index is -0.980. The molecule has 0 atom stereocenters. The summed E-state index contributed by atoms with van der Waals surface area (Å²) in [6, 6.07) is 4.01. The predicted octanol–water partition coefficient (Wildman–Crippen LogP) is 1.98. The van der Waals surface area contributed by atoms with Crippen LogP contribution >= 0.6 is 0 Å². The van der Waals surface area contributed by atoms with Crippen LogP contribution in [0.5, 0.6) is 0 Å². The van der Waals surface area contributed by atoms with Crippen LogP contribution in [0.1, 0.15) is 13.8 Å². The smallest absolute Gasteiger partial charge is 0.325 e. The highest BCUT2D eigenvalue weighted by Crippen LogP contribution is 2.29. The Labute approximate surface area is 159 Å². The number of carbonyl (C=O) groups is 1. The fourth-order valence-corrected chi connectivity index (χ4v) is 2.91. The summed E-state index contributed by atoms with van der Waals surface area (Å²) in [7, 11) is 0. The summed E-state index contributed by atoms with van der Waals surface area (Å²) in [5, 5.41) is 21.2. The van der Waals surface area contributed by atoms with Crippen molar-refractivity contribution in [2.24, 2.45) is 0 Å². The van der Waals surface area contributed by atoms with E-state index in [1.54, 1.807) is 18.6 Å². The van der Waals surface area contributed by atoms with Crippen molar-refractivity contribution in [1.82, 2.24) is 34.5 Å². The van der Waals surface area contributed by atoms with Gasteiger partial charge in [-0.3, -0.25) is 9.36 Å². The third-order valence-corrected chi connectivity index (χ3v) is 4.04. The molecule has 0 amide bonds. The molecule has 28 heavy (non-hydrogen) atoms. The molecule has 10 heteroatoms. The lowest BCUT2D eigenvalue weighted by Gasteiger charge is -2.15. The Morgan fingerprint density at radius 2 is 2.14 bits per heavy atom. The van der Waals surface area contributed by atoms with Crippen molar-refractivity contribution in [2.45, 2.75) is 26.4 Å². The molecule has 4 heterocycles. The van der Waals surface area contributed by atoms with Gasteiger partial charge >= 0.3 is 5.97 Å². The molecule has 0 fully saturated rings. The van der Waals surface area contributed by atoms with Gasteiger partial charge in [0.15, 0.2) is 0 Å². The first-order chi connectivity index (χ1) is 13.5. The van der Waals surface area contributed by atoms with E-state index in [1.165, 1.54) is 11.0 Å². The number of hydrogen-bond donors (Lipinski definition) is 2. The number of rotatable bonds is 6. The summed E-state index contributed by atoms with van der Waals surface area (Å²) >= 11 is 0. The van der Waals surface area contributed by atoms with E-state index in [2.05, 4.69) is 30.6 Å². The number of carboxylic acids is 1. The highest BCUT2D eigenvalue weighted by molar-refractivity contribution is 5.79. The van der Waals surface area contributed by atoms with Crippen LogP contribution in [0, 0.1) is 0 Å². The SMILES string of the molecule is CC(C)Nc1cc(-n2ccc3cncnc32)ncc1-c1cn(CC(=O)O)nn1. The van der Waals surface area contributed by atoms with Gasteiger partial charge in [-0.1, -0.05) is 5.21 Å². The highest BCUT2D eigenvalue weighted by Gasteiger charge is 2.15. The summed E-state index contributed by atoms with van der Waals surface area (Å²) in [5.74, 6) is -0.287. The summed E-state index contributed by atoms with van der Waals surface area (Å²) in [5.41, 5.74) is 2.86. The maximum absolute atomic E-state index is 10.9. The Bertz CT molecular complexity index is 1150. The second-order valence-electron chi connectivity index (χ2n) is 6.57. The second-order valence-corrected chi connectivity index (χ2v) is 6.57. The largest absolute Gasteiger partial charge is 0.480 e. The van der Waals surface area contributed by atoms with Gasteiger partial charge < -0.3 is 10.4 Å². The molecule has 10 nitrogen and oxygen atoms in total. The minimum Gasteiger partial charge on any atom is -0.480 e. The molecule has 4 rings (SSSR count). The molecule has 0 saturated carbocycles. The molecule has 0 unspecified atom stereocenters. The molecule has 4 aromatic heterocycles. The van der Waals surface area contributed by atoms with Gasteiger partial charge in [-0.05, 0) is 19.9 Å². The van der Waals surface area contributed by atoms with Gasteiger partial charge in [0.1, 0.15) is 30.0 Å². The van der Waals surface area contributed by atoms with Gasteiger partial charge in [0.25, 0.3) is 0 Å². The van der Waals surface area contributed by atoms with E-state index in [0.717, 1.165) is 22.3 Å². The zero-order valence-corrected chi connectivity index (χ0v) is 15.3. The fourth-order valence-electron chi connectivity index (χ4n) is 2.91. The van der Waals surface area contributed by atoms with Crippen molar-refractivity contribution in [2.75, 3.05) is 5.32 Å². The molecule has 0 spiro atoms. The average molecular weight is 378 g/mol. The number of pyridine rings is 1. The molecule has 0 aliphatic heterocycles. The van der Waals surface area contributed by atoms with E-state index < -0.39 is 5.97 Å². The maximum atomic E-state index is 10.9. The molecule has 4 aromatic rings. The highest BCUT2D eigenvalue weighted by atomic mass is 16.4. The quantitative estimate of drug-likeness (QED) is 0.522. The molecule has 142 valence electrons. The van der Waals surface area contributed by atoms with Crippen molar-refractivity contribution < 1.29 is 9.90 Å². The molecule has 0 bridgehead atoms. The zero-order chi connectivity index (χ0) is 19.7. The monoisotopic (exact) mass is 378 g/mol. The molecule has 0 aromatic carbocycles. The molecular weight excluding hydrogens is 360 g/mol. The summed E-state index contributed by atoms with van der Waals surface area (Å²) in [6.45, 7) is 3.81. The third kappa shape index (κ3) is 3.39. The Morgan fingerprint density at radius 3 is 2.93 bits per heavy atom. The van der Waals surface area contributed by atoms with Crippen LogP contribution in [0.3, 0.4) is 0 Å². The number of aromatic nitrogens is 7. The van der Waals surface area contributed by atoms with Crippen molar-refractivity contribution in [1.29, 1.82) is 0 Å². The number of anilines is 1. The van der Waals surface area contributed by atoms with Crippen molar-refractivity contribution in [3.05, 3.63) is 43.2 Å². The normalized spacial score (nSPS) is 11.2. The summed E-state index contributed by atoms with van der Waals surface area (Å²) in [4.78, 5) is 23.8. The molecule has 0 saturated heterocycles. The van der Waals surface area contributed by atoms with E-state index >= 15 is 0 Å². The van der Waals surface area contributed by atoms with Crippen LogP contribution in [0.2, 0.25) is 0 Å². The van der Waals surface area contributed by atoms with Gasteiger partial charge in [-0.15, -0.1) is 5.10 Å². The Morgan fingerprint density at radius 1 is 1.29 bits per heavy atom. The van der Waals surface area contributed by atoms with Crippen LogP contribution in [-0.2, 0) is 11.3 Å². The first kappa shape index (κ1) is 17.6. The summed E-state index contributed by atoms with van der Waals surface area (Å²) in [6.07, 6.45) is 8.43. The fraction of sp³-hybridized carbons (Fsp3) is 0.222.